The van der Waals surface area contributed by atoms with Gasteiger partial charge in [-0.05, 0) is 62.0 Å². The standard InChI is InChI=1S/C36H31N3O4Si/c1-42-22-15-13-20(14-16-22)19-37-35(40)31-29-23-9-5-7-11-25(23)38-21-17-27(28(18-21)43-44(2,3)4)39-26-12-8-6-10-24(26)30(32(31)36(37)41)34(39)33(29)38/h5-16,18,21,27H,17,19H2,1-4H3/t21-,27+/m1/s1. The number of aromatic nitrogens is 2. The van der Waals surface area contributed by atoms with Gasteiger partial charge < -0.3 is 18.3 Å². The van der Waals surface area contributed by atoms with Crippen LogP contribution in [0.15, 0.2) is 84.6 Å². The molecule has 218 valence electrons. The van der Waals surface area contributed by atoms with Crippen molar-refractivity contribution in [1.82, 2.24) is 14.0 Å². The maximum Gasteiger partial charge on any atom is 0.262 e. The van der Waals surface area contributed by atoms with Gasteiger partial charge in [-0.25, -0.2) is 0 Å². The summed E-state index contributed by atoms with van der Waals surface area (Å²) in [7, 11) is -0.290. The number of ether oxygens (including phenoxy) is 1. The highest BCUT2D eigenvalue weighted by atomic mass is 28.4. The first-order chi connectivity index (χ1) is 21.2. The molecule has 2 aromatic heterocycles. The van der Waals surface area contributed by atoms with Crippen LogP contribution in [0.3, 0.4) is 0 Å². The van der Waals surface area contributed by atoms with Gasteiger partial charge in [-0.3, -0.25) is 14.5 Å². The van der Waals surface area contributed by atoms with Crippen LogP contribution in [0.1, 0.15) is 44.8 Å². The zero-order valence-corrected chi connectivity index (χ0v) is 26.0. The topological polar surface area (TPSA) is 65.7 Å². The van der Waals surface area contributed by atoms with Crippen LogP contribution < -0.4 is 4.74 Å². The predicted molar refractivity (Wildman–Crippen MR) is 175 cm³/mol. The van der Waals surface area contributed by atoms with Crippen molar-refractivity contribution in [3.05, 3.63) is 101 Å². The van der Waals surface area contributed by atoms with Crippen molar-refractivity contribution in [2.45, 2.75) is 44.7 Å². The van der Waals surface area contributed by atoms with Crippen LogP contribution in [-0.2, 0) is 11.0 Å². The lowest BCUT2D eigenvalue weighted by molar-refractivity contribution is 0.0643. The van der Waals surface area contributed by atoms with E-state index in [1.807, 2.05) is 36.4 Å². The van der Waals surface area contributed by atoms with Gasteiger partial charge >= 0.3 is 0 Å². The van der Waals surface area contributed by atoms with Crippen LogP contribution in [0, 0.1) is 0 Å². The maximum atomic E-state index is 14.5. The number of hydrogen-bond donors (Lipinski definition) is 0. The van der Waals surface area contributed by atoms with Gasteiger partial charge in [0.25, 0.3) is 11.8 Å². The molecule has 0 saturated heterocycles. The number of imide groups is 1. The number of benzene rings is 4. The van der Waals surface area contributed by atoms with Gasteiger partial charge in [-0.15, -0.1) is 0 Å². The Kier molecular flexibility index (Phi) is 5.03. The van der Waals surface area contributed by atoms with E-state index in [2.05, 4.69) is 71.2 Å². The van der Waals surface area contributed by atoms with Crippen molar-refractivity contribution in [1.29, 1.82) is 0 Å². The van der Waals surface area contributed by atoms with Crippen molar-refractivity contribution < 1.29 is 18.8 Å². The summed E-state index contributed by atoms with van der Waals surface area (Å²) in [4.78, 5) is 30.5. The van der Waals surface area contributed by atoms with E-state index in [4.69, 9.17) is 9.16 Å². The molecule has 0 fully saturated rings. The Bertz CT molecular complexity index is 2290. The normalized spacial score (nSPS) is 19.1. The molecule has 2 aliphatic heterocycles. The molecule has 2 amide bonds. The minimum Gasteiger partial charge on any atom is -0.546 e. The number of carbonyl (C=O) groups is 2. The van der Waals surface area contributed by atoms with E-state index in [9.17, 15) is 9.59 Å². The number of rotatable bonds is 5. The molecule has 1 aliphatic carbocycles. The van der Waals surface area contributed by atoms with Gasteiger partial charge in [0.2, 0.25) is 8.32 Å². The van der Waals surface area contributed by atoms with Gasteiger partial charge in [-0.2, -0.15) is 0 Å². The minimum absolute atomic E-state index is 0.00311. The van der Waals surface area contributed by atoms with Crippen molar-refractivity contribution >= 4 is 63.7 Å². The lowest BCUT2D eigenvalue weighted by Gasteiger charge is -2.26. The van der Waals surface area contributed by atoms with Crippen LogP contribution in [0.4, 0.5) is 0 Å². The number of hydrogen-bond acceptors (Lipinski definition) is 4. The highest BCUT2D eigenvalue weighted by molar-refractivity contribution is 6.70. The minimum atomic E-state index is -1.91. The molecule has 2 bridgehead atoms. The quantitative estimate of drug-likeness (QED) is 0.149. The molecule has 8 heteroatoms. The van der Waals surface area contributed by atoms with E-state index in [0.717, 1.165) is 67.1 Å². The summed E-state index contributed by atoms with van der Waals surface area (Å²) < 4.78 is 16.9. The molecule has 4 heterocycles. The number of methoxy groups -OCH3 is 1. The van der Waals surface area contributed by atoms with Crippen LogP contribution in [0.2, 0.25) is 19.6 Å². The lowest BCUT2D eigenvalue weighted by atomic mass is 9.96. The molecule has 7 nitrogen and oxygen atoms in total. The number of amides is 2. The van der Waals surface area contributed by atoms with E-state index in [1.165, 1.54) is 4.90 Å². The molecule has 0 N–H and O–H groups in total. The lowest BCUT2D eigenvalue weighted by Crippen LogP contribution is -2.29. The van der Waals surface area contributed by atoms with Crippen molar-refractivity contribution in [3.8, 4) is 5.75 Å². The van der Waals surface area contributed by atoms with E-state index in [0.29, 0.717) is 11.1 Å². The monoisotopic (exact) mass is 597 g/mol. The Hall–Kier alpha value is -4.82. The Morgan fingerprint density at radius 1 is 0.773 bits per heavy atom. The molecule has 4 aromatic carbocycles. The SMILES string of the molecule is COc1ccc(CN2C(=O)c3c(c4c5ccccc5n5c4c4c3c3ccccc3n4[C@H]3C=C(O[Si](C)(C)C)[C@@H]5C3)C2=O)cc1. The number of allylic oxidation sites excluding steroid dienone is 2. The summed E-state index contributed by atoms with van der Waals surface area (Å²) in [6.45, 7) is 6.86. The molecule has 3 aliphatic rings. The second kappa shape index (κ2) is 8.63. The van der Waals surface area contributed by atoms with Crippen LogP contribution >= 0.6 is 0 Å². The van der Waals surface area contributed by atoms with Gasteiger partial charge in [0, 0.05) is 32.6 Å². The van der Waals surface area contributed by atoms with E-state index < -0.39 is 8.32 Å². The fraction of sp³-hybridized carbons (Fsp3) is 0.222. The molecule has 9 rings (SSSR count). The third-order valence-corrected chi connectivity index (χ3v) is 10.3. The summed E-state index contributed by atoms with van der Waals surface area (Å²) in [6, 6.07) is 24.2. The predicted octanol–water partition coefficient (Wildman–Crippen LogP) is 7.94. The first kappa shape index (κ1) is 25.7. The average Bonchev–Trinajstić information content (AvgIpc) is 3.69. The Morgan fingerprint density at radius 3 is 1.93 bits per heavy atom. The number of carbonyl (C=O) groups excluding carboxylic acids is 2. The largest absolute Gasteiger partial charge is 0.546 e. The maximum absolute atomic E-state index is 14.5. The second-order valence-corrected chi connectivity index (χ2v) is 17.5. The first-order valence-electron chi connectivity index (χ1n) is 15.2. The highest BCUT2D eigenvalue weighted by Gasteiger charge is 2.45. The summed E-state index contributed by atoms with van der Waals surface area (Å²) in [6.07, 6.45) is 3.15. The fourth-order valence-corrected chi connectivity index (χ4v) is 8.76. The Labute approximate surface area is 255 Å². The smallest absolute Gasteiger partial charge is 0.262 e. The summed E-state index contributed by atoms with van der Waals surface area (Å²) in [5.41, 5.74) is 6.07. The molecule has 0 unspecified atom stereocenters. The summed E-state index contributed by atoms with van der Waals surface area (Å²) >= 11 is 0. The van der Waals surface area contributed by atoms with Gasteiger partial charge in [0.1, 0.15) is 11.5 Å². The number of nitrogens with zero attached hydrogens (tertiary/aromatic N) is 3. The zero-order chi connectivity index (χ0) is 30.1. The highest BCUT2D eigenvalue weighted by Crippen LogP contribution is 2.54. The van der Waals surface area contributed by atoms with Crippen molar-refractivity contribution in [2.75, 3.05) is 7.11 Å². The van der Waals surface area contributed by atoms with Gasteiger partial charge in [0.05, 0.1) is 47.9 Å². The van der Waals surface area contributed by atoms with Gasteiger partial charge in [-0.1, -0.05) is 48.5 Å². The van der Waals surface area contributed by atoms with Crippen LogP contribution in [0.5, 0.6) is 5.75 Å². The number of fused-ring (bicyclic) bond motifs is 13. The first-order valence-corrected chi connectivity index (χ1v) is 18.6. The van der Waals surface area contributed by atoms with E-state index in [1.54, 1.807) is 7.11 Å². The number of para-hydroxylation sites is 2. The fourth-order valence-electron chi connectivity index (χ4n) is 7.85. The zero-order valence-electron chi connectivity index (χ0n) is 25.0. The molecule has 2 atom stereocenters. The molecular weight excluding hydrogens is 566 g/mol. The molecule has 6 aromatic rings. The molecule has 0 radical (unpaired) electrons. The second-order valence-electron chi connectivity index (χ2n) is 13.1. The third-order valence-electron chi connectivity index (χ3n) is 9.43. The van der Waals surface area contributed by atoms with Crippen LogP contribution in [0.25, 0.3) is 43.6 Å². The Balaban J connectivity index is 1.40. The molecule has 0 saturated carbocycles. The van der Waals surface area contributed by atoms with Crippen LogP contribution in [-0.4, -0.2) is 41.3 Å². The van der Waals surface area contributed by atoms with Crippen molar-refractivity contribution in [2.24, 2.45) is 0 Å². The Morgan fingerprint density at radius 2 is 1.34 bits per heavy atom. The summed E-state index contributed by atoms with van der Waals surface area (Å²) in [5, 5.41) is 3.72. The average molecular weight is 598 g/mol. The summed E-state index contributed by atoms with van der Waals surface area (Å²) in [5.74, 6) is 1.26. The molecule has 0 spiro atoms. The van der Waals surface area contributed by atoms with Gasteiger partial charge in [0.15, 0.2) is 0 Å². The molecule has 44 heavy (non-hydrogen) atoms. The molecular formula is C36H31N3O4Si. The van der Waals surface area contributed by atoms with Crippen molar-refractivity contribution in [3.63, 3.8) is 0 Å². The van der Waals surface area contributed by atoms with E-state index >= 15 is 0 Å². The van der Waals surface area contributed by atoms with E-state index in [-0.39, 0.29) is 30.4 Å². The third kappa shape index (κ3) is 3.26.